The fourth-order valence-corrected chi connectivity index (χ4v) is 10.6. The highest BCUT2D eigenvalue weighted by molar-refractivity contribution is 7.47. The van der Waals surface area contributed by atoms with Crippen molar-refractivity contribution in [1.29, 1.82) is 0 Å². The van der Waals surface area contributed by atoms with E-state index < -0.39 is 97.5 Å². The first kappa shape index (κ1) is 78.1. The number of aliphatic hydroxyl groups excluding tert-OH is 1. The van der Waals surface area contributed by atoms with Gasteiger partial charge in [-0.2, -0.15) is 0 Å². The first-order valence-corrected chi connectivity index (χ1v) is 35.2. The highest BCUT2D eigenvalue weighted by atomic mass is 31.2. The zero-order valence-corrected chi connectivity index (χ0v) is 53.0. The van der Waals surface area contributed by atoms with Gasteiger partial charge in [-0.25, -0.2) is 9.13 Å². The summed E-state index contributed by atoms with van der Waals surface area (Å²) in [5.41, 5.74) is 0. The number of carbonyl (C=O) groups is 4. The second kappa shape index (κ2) is 55.0. The van der Waals surface area contributed by atoms with Gasteiger partial charge in [0, 0.05) is 25.7 Å². The molecule has 474 valence electrons. The van der Waals surface area contributed by atoms with Crippen LogP contribution in [0.1, 0.15) is 304 Å². The number of hydrogen-bond acceptors (Lipinski definition) is 15. The van der Waals surface area contributed by atoms with Crippen LogP contribution in [0, 0.1) is 5.92 Å². The van der Waals surface area contributed by atoms with Crippen LogP contribution in [0.15, 0.2) is 0 Å². The van der Waals surface area contributed by atoms with Crippen LogP contribution < -0.4 is 0 Å². The molecule has 0 aliphatic carbocycles. The van der Waals surface area contributed by atoms with Crippen molar-refractivity contribution in [2.24, 2.45) is 5.92 Å². The molecule has 0 spiro atoms. The monoisotopic (exact) mass is 1180 g/mol. The predicted octanol–water partition coefficient (Wildman–Crippen LogP) is 16.6. The van der Waals surface area contributed by atoms with Crippen molar-refractivity contribution in [2.75, 3.05) is 39.6 Å². The Morgan fingerprint density at radius 1 is 0.350 bits per heavy atom. The lowest BCUT2D eigenvalue weighted by atomic mass is 9.99. The molecule has 0 aromatic heterocycles. The van der Waals surface area contributed by atoms with Crippen molar-refractivity contribution in [2.45, 2.75) is 323 Å². The average molecular weight is 1190 g/mol. The van der Waals surface area contributed by atoms with E-state index in [1.54, 1.807) is 0 Å². The second-order valence-corrected chi connectivity index (χ2v) is 25.2. The van der Waals surface area contributed by atoms with Gasteiger partial charge in [-0.15, -0.1) is 0 Å². The van der Waals surface area contributed by atoms with Crippen molar-refractivity contribution in [3.63, 3.8) is 0 Å². The third kappa shape index (κ3) is 54.0. The van der Waals surface area contributed by atoms with Crippen LogP contribution in [0.4, 0.5) is 0 Å². The van der Waals surface area contributed by atoms with Crippen LogP contribution in [0.2, 0.25) is 0 Å². The number of phosphoric acid groups is 2. The van der Waals surface area contributed by atoms with Gasteiger partial charge in [0.2, 0.25) is 0 Å². The quantitative estimate of drug-likeness (QED) is 0.0222. The Morgan fingerprint density at radius 2 is 0.600 bits per heavy atom. The summed E-state index contributed by atoms with van der Waals surface area (Å²) < 4.78 is 67.6. The van der Waals surface area contributed by atoms with Crippen molar-refractivity contribution < 1.29 is 80.2 Å². The van der Waals surface area contributed by atoms with E-state index in [1.807, 2.05) is 0 Å². The molecule has 0 aromatic carbocycles. The molecule has 19 heteroatoms. The van der Waals surface area contributed by atoms with Gasteiger partial charge in [0.05, 0.1) is 26.4 Å². The molecule has 0 radical (unpaired) electrons. The molecule has 0 saturated carbocycles. The first-order chi connectivity index (χ1) is 38.6. The second-order valence-electron chi connectivity index (χ2n) is 22.3. The Morgan fingerprint density at radius 3 is 0.887 bits per heavy atom. The molecule has 6 atom stereocenters. The van der Waals surface area contributed by atoms with E-state index in [4.69, 9.17) is 37.0 Å². The number of unbranched alkanes of at least 4 members (excludes halogenated alkanes) is 32. The van der Waals surface area contributed by atoms with Crippen LogP contribution in [0.25, 0.3) is 0 Å². The minimum absolute atomic E-state index is 0.103. The minimum atomic E-state index is -4.94. The van der Waals surface area contributed by atoms with E-state index in [1.165, 1.54) is 109 Å². The van der Waals surface area contributed by atoms with Crippen LogP contribution >= 0.6 is 15.6 Å². The van der Waals surface area contributed by atoms with Crippen LogP contribution in [0.3, 0.4) is 0 Å². The molecule has 0 saturated heterocycles. The number of hydrogen-bond donors (Lipinski definition) is 3. The number of phosphoric ester groups is 2. The molecule has 0 amide bonds. The van der Waals surface area contributed by atoms with Gasteiger partial charge in [0.15, 0.2) is 12.2 Å². The van der Waals surface area contributed by atoms with Crippen molar-refractivity contribution >= 4 is 39.5 Å². The van der Waals surface area contributed by atoms with E-state index in [2.05, 4.69) is 34.6 Å². The number of aliphatic hydroxyl groups is 1. The predicted molar refractivity (Wildman–Crippen MR) is 317 cm³/mol. The third-order valence-corrected chi connectivity index (χ3v) is 16.3. The normalized spacial score (nSPS) is 14.7. The van der Waals surface area contributed by atoms with Crippen LogP contribution in [0.5, 0.6) is 0 Å². The van der Waals surface area contributed by atoms with Gasteiger partial charge in [-0.05, 0) is 31.6 Å². The van der Waals surface area contributed by atoms with E-state index in [9.17, 15) is 43.2 Å². The lowest BCUT2D eigenvalue weighted by Crippen LogP contribution is -2.30. The summed E-state index contributed by atoms with van der Waals surface area (Å²) >= 11 is 0. The molecule has 0 aliphatic heterocycles. The summed E-state index contributed by atoms with van der Waals surface area (Å²) in [7, 11) is -9.87. The van der Waals surface area contributed by atoms with Crippen LogP contribution in [-0.4, -0.2) is 96.7 Å². The Bertz CT molecular complexity index is 1570. The maximum Gasteiger partial charge on any atom is 0.472 e. The fraction of sp³-hybridized carbons (Fsp3) is 0.934. The Labute approximate surface area is 486 Å². The fourth-order valence-electron chi connectivity index (χ4n) is 9.02. The maximum atomic E-state index is 12.9. The Hall–Kier alpha value is -1.94. The molecule has 3 N–H and O–H groups in total. The van der Waals surface area contributed by atoms with Crippen LogP contribution in [-0.2, 0) is 65.4 Å². The highest BCUT2D eigenvalue weighted by Gasteiger charge is 2.30. The van der Waals surface area contributed by atoms with Gasteiger partial charge in [0.1, 0.15) is 19.3 Å². The molecule has 80 heavy (non-hydrogen) atoms. The summed E-state index contributed by atoms with van der Waals surface area (Å²) in [6.07, 6.45) is 38.0. The zero-order chi connectivity index (χ0) is 59.2. The smallest absolute Gasteiger partial charge is 0.462 e. The van der Waals surface area contributed by atoms with Crippen molar-refractivity contribution in [3.8, 4) is 0 Å². The van der Waals surface area contributed by atoms with Gasteiger partial charge < -0.3 is 33.8 Å². The highest BCUT2D eigenvalue weighted by Crippen LogP contribution is 2.45. The summed E-state index contributed by atoms with van der Waals surface area (Å²) in [5, 5.41) is 10.5. The number of rotatable bonds is 61. The number of esters is 4. The molecule has 0 aliphatic rings. The van der Waals surface area contributed by atoms with Crippen molar-refractivity contribution in [3.05, 3.63) is 0 Å². The molecule has 3 unspecified atom stereocenters. The van der Waals surface area contributed by atoms with Gasteiger partial charge in [-0.3, -0.25) is 37.3 Å². The van der Waals surface area contributed by atoms with E-state index in [0.717, 1.165) is 115 Å². The summed E-state index contributed by atoms with van der Waals surface area (Å²) in [6, 6.07) is 0. The first-order valence-electron chi connectivity index (χ1n) is 32.2. The SMILES string of the molecule is CCCCCCCCCCCCCCCCC(=O)OC[C@H](COP(=O)(O)OC[C@@H](O)COP(=O)(O)OC[C@@H](COC(=O)CCCCCCC)OC(=O)CCCCCCCCC)OC(=O)CCCCCCCCCCCCC(C)CC. The standard InChI is InChI=1S/C61H118O17P2/c1-6-10-13-16-18-19-20-21-22-23-27-31-35-40-45-59(64)72-51-57(78-61(66)47-42-37-32-28-25-24-26-30-34-38-43-54(5)9-4)53-76-80(69,70)74-49-55(62)48-73-79(67,68)75-52-56(50-71-58(63)44-39-33-15-12-8-3)77-60(65)46-41-36-29-17-14-11-7-2/h54-57,62H,6-53H2,1-5H3,(H,67,68)(H,69,70)/t54?,55-,56+,57+/m0/s1. The molecular formula is C61H118O17P2. The summed E-state index contributed by atoms with van der Waals surface area (Å²) in [6.45, 7) is 7.07. The molecule has 0 heterocycles. The molecular weight excluding hydrogens is 1070 g/mol. The lowest BCUT2D eigenvalue weighted by molar-refractivity contribution is -0.161. The van der Waals surface area contributed by atoms with Crippen molar-refractivity contribution in [1.82, 2.24) is 0 Å². The minimum Gasteiger partial charge on any atom is -0.462 e. The maximum absolute atomic E-state index is 12.9. The summed E-state index contributed by atoms with van der Waals surface area (Å²) in [5.74, 6) is -1.35. The lowest BCUT2D eigenvalue weighted by Gasteiger charge is -2.21. The average Bonchev–Trinajstić information content (AvgIpc) is 3.43. The number of carbonyl (C=O) groups excluding carboxylic acids is 4. The Kier molecular flexibility index (Phi) is 53.6. The topological polar surface area (TPSA) is 237 Å². The molecule has 17 nitrogen and oxygen atoms in total. The molecule has 0 aromatic rings. The zero-order valence-electron chi connectivity index (χ0n) is 51.2. The van der Waals surface area contributed by atoms with Gasteiger partial charge in [0.25, 0.3) is 0 Å². The van der Waals surface area contributed by atoms with E-state index >= 15 is 0 Å². The van der Waals surface area contributed by atoms with E-state index in [0.29, 0.717) is 25.7 Å². The number of ether oxygens (including phenoxy) is 4. The third-order valence-electron chi connectivity index (χ3n) is 14.4. The molecule has 0 fully saturated rings. The summed E-state index contributed by atoms with van der Waals surface area (Å²) in [4.78, 5) is 71.7. The van der Waals surface area contributed by atoms with Gasteiger partial charge in [-0.1, -0.05) is 253 Å². The largest absolute Gasteiger partial charge is 0.472 e. The Balaban J connectivity index is 5.16. The molecule has 0 rings (SSSR count). The molecule has 0 bridgehead atoms. The van der Waals surface area contributed by atoms with Gasteiger partial charge >= 0.3 is 39.5 Å². The van der Waals surface area contributed by atoms with E-state index in [-0.39, 0.29) is 25.7 Å².